The molecule has 0 radical (unpaired) electrons. The van der Waals surface area contributed by atoms with E-state index in [0.717, 1.165) is 25.3 Å². The molecule has 1 aliphatic heterocycles. The van der Waals surface area contributed by atoms with Gasteiger partial charge in [0, 0.05) is 42.5 Å². The van der Waals surface area contributed by atoms with Crippen molar-refractivity contribution in [2.45, 2.75) is 32.9 Å². The lowest BCUT2D eigenvalue weighted by Crippen LogP contribution is -2.40. The Morgan fingerprint density at radius 1 is 1.56 bits per heavy atom. The van der Waals surface area contributed by atoms with Gasteiger partial charge in [-0.1, -0.05) is 6.92 Å². The van der Waals surface area contributed by atoms with Crippen molar-refractivity contribution in [1.82, 2.24) is 10.3 Å². The molecule has 0 saturated carbocycles. The molecule has 0 amide bonds. The van der Waals surface area contributed by atoms with Gasteiger partial charge in [0.2, 0.25) is 0 Å². The number of rotatable bonds is 5. The maximum atomic E-state index is 4.44. The number of anilines is 1. The highest BCUT2D eigenvalue weighted by Crippen LogP contribution is 2.23. The van der Waals surface area contributed by atoms with Crippen LogP contribution in [0.1, 0.15) is 26.0 Å². The monoisotopic (exact) mass is 265 g/mol. The van der Waals surface area contributed by atoms with Gasteiger partial charge in [0.25, 0.3) is 0 Å². The average Bonchev–Trinajstić information content (AvgIpc) is 2.40. The summed E-state index contributed by atoms with van der Waals surface area (Å²) < 4.78 is 0. The molecule has 1 aromatic heterocycles. The molecule has 100 valence electrons. The smallest absolute Gasteiger partial charge is 0.0562 e. The first kappa shape index (κ1) is 13.7. The van der Waals surface area contributed by atoms with Gasteiger partial charge in [-0.25, -0.2) is 0 Å². The maximum Gasteiger partial charge on any atom is 0.0562 e. The minimum Gasteiger partial charge on any atom is -0.367 e. The fourth-order valence-corrected chi connectivity index (χ4v) is 3.26. The van der Waals surface area contributed by atoms with Crippen LogP contribution in [0, 0.1) is 0 Å². The Kier molecular flexibility index (Phi) is 5.32. The molecule has 1 atom stereocenters. The Bertz CT molecular complexity index is 370. The highest BCUT2D eigenvalue weighted by Gasteiger charge is 2.18. The van der Waals surface area contributed by atoms with Crippen molar-refractivity contribution in [3.05, 3.63) is 24.0 Å². The van der Waals surface area contributed by atoms with Gasteiger partial charge in [0.1, 0.15) is 0 Å². The average molecular weight is 265 g/mol. The summed E-state index contributed by atoms with van der Waals surface area (Å²) in [5, 5.41) is 3.41. The first-order valence-corrected chi connectivity index (χ1v) is 7.96. The molecule has 0 aliphatic carbocycles. The summed E-state index contributed by atoms with van der Waals surface area (Å²) in [6.45, 7) is 7.57. The van der Waals surface area contributed by atoms with E-state index in [1.165, 1.54) is 23.6 Å². The molecule has 2 heterocycles. The van der Waals surface area contributed by atoms with Gasteiger partial charge in [0.05, 0.1) is 5.69 Å². The summed E-state index contributed by atoms with van der Waals surface area (Å²) in [5.74, 6) is 2.46. The number of nitrogens with one attached hydrogen (secondary N) is 1. The van der Waals surface area contributed by atoms with Gasteiger partial charge in [0.15, 0.2) is 0 Å². The van der Waals surface area contributed by atoms with Crippen LogP contribution in [-0.4, -0.2) is 35.6 Å². The molecule has 1 unspecified atom stereocenters. The van der Waals surface area contributed by atoms with E-state index in [1.54, 1.807) is 0 Å². The quantitative estimate of drug-likeness (QED) is 0.828. The Morgan fingerprint density at radius 3 is 3.22 bits per heavy atom. The van der Waals surface area contributed by atoms with Crippen LogP contribution in [0.5, 0.6) is 0 Å². The lowest BCUT2D eigenvalue weighted by atomic mass is 10.2. The van der Waals surface area contributed by atoms with E-state index in [4.69, 9.17) is 0 Å². The lowest BCUT2D eigenvalue weighted by Gasteiger charge is -2.35. The molecule has 18 heavy (non-hydrogen) atoms. The van der Waals surface area contributed by atoms with Crippen LogP contribution in [0.25, 0.3) is 0 Å². The molecule has 1 aromatic rings. The van der Waals surface area contributed by atoms with E-state index >= 15 is 0 Å². The molecule has 4 heteroatoms. The third-order valence-electron chi connectivity index (χ3n) is 3.23. The molecule has 3 nitrogen and oxygen atoms in total. The van der Waals surface area contributed by atoms with Crippen LogP contribution in [-0.2, 0) is 6.54 Å². The van der Waals surface area contributed by atoms with Gasteiger partial charge in [-0.05, 0) is 32.0 Å². The molecule has 0 spiro atoms. The Balaban J connectivity index is 2.01. The first-order valence-electron chi connectivity index (χ1n) is 6.81. The molecule has 1 aliphatic rings. The molecule has 0 aromatic carbocycles. The van der Waals surface area contributed by atoms with Crippen molar-refractivity contribution in [2.24, 2.45) is 0 Å². The number of nitrogens with zero attached hydrogens (tertiary/aromatic N) is 2. The van der Waals surface area contributed by atoms with E-state index < -0.39 is 0 Å². The second kappa shape index (κ2) is 7.00. The minimum atomic E-state index is 0.627. The summed E-state index contributed by atoms with van der Waals surface area (Å²) >= 11 is 2.05. The number of hydrogen-bond donors (Lipinski definition) is 1. The molecule has 1 N–H and O–H groups in total. The third kappa shape index (κ3) is 3.62. The van der Waals surface area contributed by atoms with Crippen molar-refractivity contribution in [3.8, 4) is 0 Å². The Morgan fingerprint density at radius 2 is 2.44 bits per heavy atom. The van der Waals surface area contributed by atoms with Crippen molar-refractivity contribution in [1.29, 1.82) is 0 Å². The summed E-state index contributed by atoms with van der Waals surface area (Å²) in [6.07, 6.45) is 3.10. The van der Waals surface area contributed by atoms with Crippen LogP contribution in [0.2, 0.25) is 0 Å². The normalized spacial score (nSPS) is 20.1. The summed E-state index contributed by atoms with van der Waals surface area (Å²) in [7, 11) is 0. The van der Waals surface area contributed by atoms with Crippen molar-refractivity contribution < 1.29 is 0 Å². The zero-order valence-corrected chi connectivity index (χ0v) is 12.2. The van der Waals surface area contributed by atoms with Crippen LogP contribution >= 0.6 is 11.8 Å². The summed E-state index contributed by atoms with van der Waals surface area (Å²) in [4.78, 5) is 6.94. The molecule has 1 fully saturated rings. The second-order valence-electron chi connectivity index (χ2n) is 4.80. The van der Waals surface area contributed by atoms with Crippen molar-refractivity contribution in [3.63, 3.8) is 0 Å². The largest absolute Gasteiger partial charge is 0.367 e. The Labute approximate surface area is 114 Å². The summed E-state index contributed by atoms with van der Waals surface area (Å²) in [6, 6.07) is 4.99. The maximum absolute atomic E-state index is 4.44. The number of pyridine rings is 1. The minimum absolute atomic E-state index is 0.627. The van der Waals surface area contributed by atoms with E-state index in [2.05, 4.69) is 52.9 Å². The lowest BCUT2D eigenvalue weighted by molar-refractivity contribution is 0.661. The van der Waals surface area contributed by atoms with Crippen molar-refractivity contribution in [2.75, 3.05) is 29.5 Å². The molecular formula is C14H23N3S. The predicted octanol–water partition coefficient (Wildman–Crippen LogP) is 2.52. The van der Waals surface area contributed by atoms with Gasteiger partial charge in [-0.2, -0.15) is 11.8 Å². The fraction of sp³-hybridized carbons (Fsp3) is 0.643. The number of thioether (sulfide) groups is 1. The van der Waals surface area contributed by atoms with E-state index in [9.17, 15) is 0 Å². The molecular weight excluding hydrogens is 242 g/mol. The predicted molar refractivity (Wildman–Crippen MR) is 80.4 cm³/mol. The highest BCUT2D eigenvalue weighted by molar-refractivity contribution is 7.99. The number of hydrogen-bond acceptors (Lipinski definition) is 4. The van der Waals surface area contributed by atoms with E-state index in [0.29, 0.717) is 6.04 Å². The zero-order valence-electron chi connectivity index (χ0n) is 11.4. The van der Waals surface area contributed by atoms with E-state index in [-0.39, 0.29) is 0 Å². The van der Waals surface area contributed by atoms with Gasteiger partial charge in [-0.15, -0.1) is 0 Å². The fourth-order valence-electron chi connectivity index (χ4n) is 2.24. The van der Waals surface area contributed by atoms with Gasteiger partial charge in [-0.3, -0.25) is 4.98 Å². The Hall–Kier alpha value is -0.740. The van der Waals surface area contributed by atoms with Gasteiger partial charge >= 0.3 is 0 Å². The van der Waals surface area contributed by atoms with Crippen LogP contribution in [0.3, 0.4) is 0 Å². The topological polar surface area (TPSA) is 28.2 Å². The van der Waals surface area contributed by atoms with Crippen LogP contribution < -0.4 is 10.2 Å². The third-order valence-corrected chi connectivity index (χ3v) is 4.42. The zero-order chi connectivity index (χ0) is 12.8. The molecule has 1 saturated heterocycles. The standard InChI is InChI=1S/C14H23N3S/c1-3-5-15-10-13-9-14(4-6-16-13)17-7-8-18-11-12(17)2/h4,6,9,12,15H,3,5,7-8,10-11H2,1-2H3. The second-order valence-corrected chi connectivity index (χ2v) is 5.95. The number of aromatic nitrogens is 1. The van der Waals surface area contributed by atoms with Crippen LogP contribution in [0.15, 0.2) is 18.3 Å². The molecule has 0 bridgehead atoms. The van der Waals surface area contributed by atoms with Crippen molar-refractivity contribution >= 4 is 17.4 Å². The van der Waals surface area contributed by atoms with Gasteiger partial charge < -0.3 is 10.2 Å². The SMILES string of the molecule is CCCNCc1cc(N2CCSCC2C)ccn1. The highest BCUT2D eigenvalue weighted by atomic mass is 32.2. The summed E-state index contributed by atoms with van der Waals surface area (Å²) in [5.41, 5.74) is 2.47. The van der Waals surface area contributed by atoms with E-state index in [1.807, 2.05) is 6.20 Å². The van der Waals surface area contributed by atoms with Crippen LogP contribution in [0.4, 0.5) is 5.69 Å². The molecule has 2 rings (SSSR count). The first-order chi connectivity index (χ1) is 8.81.